The Morgan fingerprint density at radius 1 is 1.32 bits per heavy atom. The molecule has 0 spiro atoms. The maximum absolute atomic E-state index is 12.0. The Kier molecular flexibility index (Phi) is 2.67. The molecule has 96 valence electrons. The van der Waals surface area contributed by atoms with Gasteiger partial charge in [0.1, 0.15) is 0 Å². The van der Waals surface area contributed by atoms with Crippen molar-refractivity contribution in [2.45, 2.75) is 0 Å². The average molecular weight is 322 g/mol. The molecule has 0 bridgehead atoms. The van der Waals surface area contributed by atoms with Crippen molar-refractivity contribution < 1.29 is 9.21 Å². The van der Waals surface area contributed by atoms with Crippen LogP contribution in [0.3, 0.4) is 0 Å². The van der Waals surface area contributed by atoms with Gasteiger partial charge in [-0.15, -0.1) is 0 Å². The van der Waals surface area contributed by atoms with Crippen molar-refractivity contribution >= 4 is 46.7 Å². The SMILES string of the molecule is NNC(=O)c1[se]c2c(c1N)c(=O)oc1ccccc12. The van der Waals surface area contributed by atoms with Crippen LogP contribution in [-0.2, 0) is 0 Å². The predicted octanol–water partition coefficient (Wildman–Crippen LogP) is 0.189. The third-order valence-corrected chi connectivity index (χ3v) is 5.42. The quantitative estimate of drug-likeness (QED) is 0.195. The Morgan fingerprint density at radius 2 is 2.05 bits per heavy atom. The van der Waals surface area contributed by atoms with Crippen LogP contribution < -0.4 is 22.6 Å². The molecule has 5 N–H and O–H groups in total. The van der Waals surface area contributed by atoms with E-state index in [-0.39, 0.29) is 25.6 Å². The molecule has 3 aromatic rings. The zero-order valence-corrected chi connectivity index (χ0v) is 11.3. The second kappa shape index (κ2) is 4.24. The molecule has 0 radical (unpaired) electrons. The fraction of sp³-hybridized carbons (Fsp3) is 0. The van der Waals surface area contributed by atoms with E-state index in [0.29, 0.717) is 10.0 Å². The molecule has 0 aliphatic carbocycles. The van der Waals surface area contributed by atoms with E-state index in [1.807, 2.05) is 17.6 Å². The number of nitrogen functional groups attached to an aromatic ring is 2. The summed E-state index contributed by atoms with van der Waals surface area (Å²) in [5, 5.41) is 1.09. The summed E-state index contributed by atoms with van der Waals surface area (Å²) in [7, 11) is 0. The van der Waals surface area contributed by atoms with Crippen molar-refractivity contribution in [2.24, 2.45) is 5.84 Å². The zero-order chi connectivity index (χ0) is 13.6. The van der Waals surface area contributed by atoms with E-state index in [4.69, 9.17) is 16.0 Å². The summed E-state index contributed by atoms with van der Waals surface area (Å²) in [6.45, 7) is 0. The van der Waals surface area contributed by atoms with Crippen LogP contribution in [0.4, 0.5) is 5.69 Å². The van der Waals surface area contributed by atoms with Crippen LogP contribution in [-0.4, -0.2) is 20.4 Å². The molecule has 0 aliphatic rings. The number of anilines is 1. The van der Waals surface area contributed by atoms with Crippen LogP contribution in [0, 0.1) is 0 Å². The second-order valence-electron chi connectivity index (χ2n) is 3.91. The fourth-order valence-electron chi connectivity index (χ4n) is 1.96. The van der Waals surface area contributed by atoms with Crippen molar-refractivity contribution in [2.75, 3.05) is 5.73 Å². The molecule has 19 heavy (non-hydrogen) atoms. The number of fused-ring (bicyclic) bond motifs is 3. The number of carbonyl (C=O) groups excluding carboxylic acids is 1. The van der Waals surface area contributed by atoms with Gasteiger partial charge >= 0.3 is 112 Å². The number of carbonyl (C=O) groups is 1. The van der Waals surface area contributed by atoms with Crippen LogP contribution >= 0.6 is 0 Å². The van der Waals surface area contributed by atoms with Crippen molar-refractivity contribution in [1.82, 2.24) is 5.43 Å². The molecule has 3 rings (SSSR count). The first-order valence-electron chi connectivity index (χ1n) is 5.38. The Balaban J connectivity index is 2.52. The molecule has 6 nitrogen and oxygen atoms in total. The third kappa shape index (κ3) is 1.67. The molecular formula is C12H9N3O3Se. The minimum atomic E-state index is -0.520. The summed E-state index contributed by atoms with van der Waals surface area (Å²) in [4.78, 5) is 23.6. The molecule has 0 saturated heterocycles. The molecule has 1 aromatic carbocycles. The molecule has 0 aliphatic heterocycles. The van der Waals surface area contributed by atoms with Crippen molar-refractivity contribution in [3.05, 3.63) is 39.1 Å². The van der Waals surface area contributed by atoms with Crippen LogP contribution in [0.15, 0.2) is 33.5 Å². The molecule has 0 unspecified atom stereocenters. The molecule has 0 saturated carbocycles. The molecular weight excluding hydrogens is 313 g/mol. The number of hydrogen-bond donors (Lipinski definition) is 3. The number of rotatable bonds is 1. The maximum atomic E-state index is 12.0. The van der Waals surface area contributed by atoms with E-state index in [9.17, 15) is 9.59 Å². The van der Waals surface area contributed by atoms with E-state index < -0.39 is 11.5 Å². The summed E-state index contributed by atoms with van der Waals surface area (Å²) in [5.41, 5.74) is 8.06. The van der Waals surface area contributed by atoms with E-state index >= 15 is 0 Å². The van der Waals surface area contributed by atoms with Gasteiger partial charge in [-0.2, -0.15) is 0 Å². The van der Waals surface area contributed by atoms with Crippen LogP contribution in [0.25, 0.3) is 20.6 Å². The second-order valence-corrected chi connectivity index (χ2v) is 6.05. The standard InChI is InChI=1S/C12H9N3O3Se/c13-8-7-9(19-10(8)11(16)15-14)5-3-1-2-4-6(5)18-12(7)17/h1-4H,13-14H2,(H,15,16). The number of amides is 1. The van der Waals surface area contributed by atoms with E-state index in [1.54, 1.807) is 12.1 Å². The van der Waals surface area contributed by atoms with Crippen LogP contribution in [0.1, 0.15) is 9.23 Å². The Hall–Kier alpha value is -2.08. The summed E-state index contributed by atoms with van der Waals surface area (Å²) < 4.78 is 6.34. The van der Waals surface area contributed by atoms with Gasteiger partial charge in [-0.05, 0) is 0 Å². The zero-order valence-electron chi connectivity index (χ0n) is 9.60. The number of nitrogens with two attached hydrogens (primary N) is 2. The molecule has 0 fully saturated rings. The first-order valence-corrected chi connectivity index (χ1v) is 7.09. The van der Waals surface area contributed by atoms with Gasteiger partial charge < -0.3 is 0 Å². The van der Waals surface area contributed by atoms with Crippen molar-refractivity contribution in [3.8, 4) is 0 Å². The van der Waals surface area contributed by atoms with Gasteiger partial charge in [0.05, 0.1) is 0 Å². The van der Waals surface area contributed by atoms with Gasteiger partial charge in [-0.25, -0.2) is 0 Å². The number of hydrogen-bond acceptors (Lipinski definition) is 5. The molecule has 2 heterocycles. The monoisotopic (exact) mass is 323 g/mol. The van der Waals surface area contributed by atoms with E-state index in [1.165, 1.54) is 0 Å². The fourth-order valence-corrected chi connectivity index (χ4v) is 4.36. The van der Waals surface area contributed by atoms with Gasteiger partial charge in [-0.1, -0.05) is 0 Å². The van der Waals surface area contributed by atoms with Gasteiger partial charge in [0.15, 0.2) is 0 Å². The Labute approximate surface area is 112 Å². The summed E-state index contributed by atoms with van der Waals surface area (Å²) in [5.74, 6) is 4.66. The van der Waals surface area contributed by atoms with Crippen LogP contribution in [0.5, 0.6) is 0 Å². The number of nitrogens with one attached hydrogen (secondary N) is 1. The predicted molar refractivity (Wildman–Crippen MR) is 73.0 cm³/mol. The van der Waals surface area contributed by atoms with E-state index in [0.717, 1.165) is 9.65 Å². The van der Waals surface area contributed by atoms with Crippen molar-refractivity contribution in [1.29, 1.82) is 0 Å². The summed E-state index contributed by atoms with van der Waals surface area (Å²) >= 11 is -0.363. The average Bonchev–Trinajstić information content (AvgIpc) is 2.77. The van der Waals surface area contributed by atoms with Gasteiger partial charge in [0, 0.05) is 0 Å². The molecule has 1 amide bonds. The molecule has 7 heteroatoms. The first-order chi connectivity index (χ1) is 9.13. The van der Waals surface area contributed by atoms with Gasteiger partial charge in [0.25, 0.3) is 0 Å². The first kappa shape index (κ1) is 12.0. The molecule has 2 aromatic heterocycles. The van der Waals surface area contributed by atoms with Crippen molar-refractivity contribution in [3.63, 3.8) is 0 Å². The minimum absolute atomic E-state index is 0.164. The number of hydrazine groups is 1. The summed E-state index contributed by atoms with van der Waals surface area (Å²) in [6, 6.07) is 7.18. The Bertz CT molecular complexity index is 866. The molecule has 0 atom stereocenters. The topological polar surface area (TPSA) is 111 Å². The third-order valence-electron chi connectivity index (χ3n) is 2.82. The Morgan fingerprint density at radius 3 is 2.79 bits per heavy atom. The number of para-hydroxylation sites is 1. The normalized spacial score (nSPS) is 11.0. The van der Waals surface area contributed by atoms with E-state index in [2.05, 4.69) is 0 Å². The number of benzene rings is 1. The van der Waals surface area contributed by atoms with Gasteiger partial charge in [0.2, 0.25) is 0 Å². The summed E-state index contributed by atoms with van der Waals surface area (Å²) in [6.07, 6.45) is 0. The van der Waals surface area contributed by atoms with Crippen LogP contribution in [0.2, 0.25) is 0 Å². The van der Waals surface area contributed by atoms with Gasteiger partial charge in [-0.3, -0.25) is 0 Å².